The zero-order chi connectivity index (χ0) is 51.3. The van der Waals surface area contributed by atoms with Crippen LogP contribution in [0.2, 0.25) is 0 Å². The number of hydrogen-bond donors (Lipinski definition) is 2. The molecule has 8 heterocycles. The fourth-order valence-electron chi connectivity index (χ4n) is 9.83. The van der Waals surface area contributed by atoms with Gasteiger partial charge in [-0.25, -0.2) is 29.5 Å². The van der Waals surface area contributed by atoms with Crippen molar-refractivity contribution in [3.63, 3.8) is 0 Å². The Bertz CT molecular complexity index is 2790. The summed E-state index contributed by atoms with van der Waals surface area (Å²) in [5.41, 5.74) is 6.67. The molecule has 6 aromatic rings. The van der Waals surface area contributed by atoms with Gasteiger partial charge in [0.2, 0.25) is 17.8 Å². The number of amides is 2. The number of aliphatic imine (C=N–C) groups is 1. The number of likely N-dealkylation sites (tertiary alicyclic amines) is 1. The third-order valence-electron chi connectivity index (χ3n) is 12.3. The summed E-state index contributed by atoms with van der Waals surface area (Å²) in [6.07, 6.45) is 11.8. The van der Waals surface area contributed by atoms with E-state index >= 15 is 0 Å². The molecule has 20 heteroatoms. The molecule has 0 bridgehead atoms. The van der Waals surface area contributed by atoms with E-state index in [9.17, 15) is 9.59 Å². The predicted octanol–water partition coefficient (Wildman–Crippen LogP) is 7.77. The van der Waals surface area contributed by atoms with Gasteiger partial charge in [-0.3, -0.25) is 9.36 Å². The zero-order valence-electron chi connectivity index (χ0n) is 44.4. The number of ether oxygens (including phenoxy) is 2. The van der Waals surface area contributed by atoms with Crippen molar-refractivity contribution in [3.05, 3.63) is 36.4 Å². The molecule has 2 aliphatic rings. The first-order valence-electron chi connectivity index (χ1n) is 24.4. The largest absolute Gasteiger partial charge is 0.471 e. The number of nitrogens with zero attached hydrogens (tertiary/aromatic N) is 14. The Morgan fingerprint density at radius 1 is 0.757 bits per heavy atom. The third-order valence-corrected chi connectivity index (χ3v) is 12.3. The van der Waals surface area contributed by atoms with E-state index < -0.39 is 0 Å². The second kappa shape index (κ2) is 21.4. The Morgan fingerprint density at radius 3 is 1.69 bits per heavy atom. The van der Waals surface area contributed by atoms with Crippen LogP contribution in [0.3, 0.4) is 0 Å². The number of isocyanates is 1. The predicted molar refractivity (Wildman–Crippen MR) is 271 cm³/mol. The molecule has 2 N–H and O–H groups in total. The summed E-state index contributed by atoms with van der Waals surface area (Å²) in [4.78, 5) is 55.6. The molecule has 6 aromatic heterocycles. The second-order valence-electron chi connectivity index (χ2n) is 22.1. The van der Waals surface area contributed by atoms with Crippen LogP contribution in [0.15, 0.2) is 30.0 Å². The van der Waals surface area contributed by atoms with Gasteiger partial charge in [-0.15, -0.1) is 0 Å². The lowest BCUT2D eigenvalue weighted by molar-refractivity contribution is 0.169. The van der Waals surface area contributed by atoms with E-state index in [0.29, 0.717) is 41.5 Å². The minimum atomic E-state index is -0.291. The van der Waals surface area contributed by atoms with Gasteiger partial charge in [0.25, 0.3) is 0 Å². The van der Waals surface area contributed by atoms with Crippen molar-refractivity contribution >= 4 is 34.4 Å². The summed E-state index contributed by atoms with van der Waals surface area (Å²) < 4.78 is 20.1. The fraction of sp³-hybridized carbons (Fsp3) is 0.640. The van der Waals surface area contributed by atoms with E-state index in [2.05, 4.69) is 122 Å². The molecule has 0 aromatic carbocycles. The van der Waals surface area contributed by atoms with Crippen LogP contribution in [0.1, 0.15) is 120 Å². The summed E-state index contributed by atoms with van der Waals surface area (Å²) in [5, 5.41) is 15.4. The lowest BCUT2D eigenvalue weighted by Crippen LogP contribution is -2.51. The maximum Gasteiger partial charge on any atom is 0.317 e. The molecule has 0 spiro atoms. The molecule has 2 saturated heterocycles. The van der Waals surface area contributed by atoms with Gasteiger partial charge < -0.3 is 34.1 Å². The Morgan fingerprint density at radius 2 is 1.26 bits per heavy atom. The molecule has 0 saturated carbocycles. The molecular weight excluding hydrogens is 889 g/mol. The van der Waals surface area contributed by atoms with E-state index in [1.54, 1.807) is 6.08 Å². The van der Waals surface area contributed by atoms with Gasteiger partial charge >= 0.3 is 6.03 Å². The van der Waals surface area contributed by atoms with Gasteiger partial charge in [-0.05, 0) is 92.0 Å². The fourth-order valence-corrected chi connectivity index (χ4v) is 9.83. The zero-order valence-corrected chi connectivity index (χ0v) is 44.4. The summed E-state index contributed by atoms with van der Waals surface area (Å²) in [6.45, 7) is 33.8. The number of nitrogens with one attached hydrogen (secondary N) is 2. The van der Waals surface area contributed by atoms with Crippen LogP contribution < -0.4 is 20.1 Å². The van der Waals surface area contributed by atoms with Crippen molar-refractivity contribution in [2.75, 3.05) is 26.2 Å². The molecule has 20 nitrogen and oxygen atoms in total. The number of hydrogen-bond acceptors (Lipinski definition) is 14. The van der Waals surface area contributed by atoms with E-state index in [0.717, 1.165) is 91.7 Å². The van der Waals surface area contributed by atoms with Crippen LogP contribution in [0.25, 0.3) is 45.1 Å². The third kappa shape index (κ3) is 12.9. The first kappa shape index (κ1) is 53.1. The molecule has 2 amide bonds. The van der Waals surface area contributed by atoms with Crippen molar-refractivity contribution in [2.24, 2.45) is 29.9 Å². The summed E-state index contributed by atoms with van der Waals surface area (Å²) in [5.74, 6) is 2.60. The lowest BCUT2D eigenvalue weighted by atomic mass is 9.82. The standard InChI is InChI=1S/C25H38N8O2.C16H21N7O.C9H17NO/c1-9-33-16(2)18(12-28-33)20-29-19-21(31(20)8)26-15-27-22(19)35-17-10-11-32(13-17)23(34)30-25(6,7)14-24(3,4)5;1-4-23-10(2)12(8-20-23)14-21-13-15(22(14)3)18-9-19-16(13)24-11-5-6-17-7-11;1-8(2,3)6-9(4,5)10-7-11/h12,15,17H,9-11,13-14H2,1-8H3,(H,30,34);8-9,11,17H,4-7H2,1-3H3;6H2,1-5H3. The molecule has 8 rings (SSSR count). The SMILES string of the molecule is CC(C)(C)CC(C)(C)N=C=O.CCn1ncc(-c2nc3c(OC4CCN(C(=O)NC(C)(C)CC(C)(C)C)C4)ncnc3n2C)c1C.CCn1ncc(-c2nc3c(OC4CCNC4)ncnc3n2C)c1C. The van der Waals surface area contributed by atoms with E-state index in [4.69, 9.17) is 19.4 Å². The van der Waals surface area contributed by atoms with E-state index in [-0.39, 0.29) is 40.1 Å². The molecule has 0 aliphatic carbocycles. The highest BCUT2D eigenvalue weighted by Gasteiger charge is 2.34. The highest BCUT2D eigenvalue weighted by atomic mass is 16.5. The number of carbonyl (C=O) groups is 1. The number of fused-ring (bicyclic) bond motifs is 2. The normalized spacial score (nSPS) is 16.4. The highest BCUT2D eigenvalue weighted by Crippen LogP contribution is 2.33. The average Bonchev–Trinajstić information content (AvgIpc) is 4.13. The average molecular weight is 965 g/mol. The van der Waals surface area contributed by atoms with Gasteiger partial charge in [0.05, 0.1) is 35.6 Å². The first-order valence-corrected chi connectivity index (χ1v) is 24.4. The van der Waals surface area contributed by atoms with Crippen LogP contribution in [-0.2, 0) is 32.0 Å². The van der Waals surface area contributed by atoms with E-state index in [1.807, 2.05) is 70.7 Å². The maximum absolute atomic E-state index is 12.9. The van der Waals surface area contributed by atoms with Gasteiger partial charge in [-0.1, -0.05) is 41.5 Å². The lowest BCUT2D eigenvalue weighted by Gasteiger charge is -2.34. The highest BCUT2D eigenvalue weighted by molar-refractivity contribution is 5.82. The Hall–Kier alpha value is -6.27. The molecule has 2 aliphatic heterocycles. The Labute approximate surface area is 412 Å². The number of aromatic nitrogens is 12. The van der Waals surface area contributed by atoms with Crippen molar-refractivity contribution in [3.8, 4) is 34.5 Å². The number of aryl methyl sites for hydroxylation is 4. The van der Waals surface area contributed by atoms with Gasteiger partial charge in [-0.2, -0.15) is 25.2 Å². The van der Waals surface area contributed by atoms with E-state index in [1.165, 1.54) is 12.7 Å². The molecule has 70 heavy (non-hydrogen) atoms. The van der Waals surface area contributed by atoms with Crippen molar-refractivity contribution in [2.45, 2.75) is 159 Å². The number of urea groups is 1. The quantitative estimate of drug-likeness (QED) is 0.0887. The molecule has 0 radical (unpaired) electrons. The minimum Gasteiger partial charge on any atom is -0.471 e. The maximum atomic E-state index is 12.9. The van der Waals surface area contributed by atoms with Gasteiger partial charge in [0.1, 0.15) is 36.5 Å². The number of carbonyl (C=O) groups excluding carboxylic acids is 2. The van der Waals surface area contributed by atoms with Gasteiger partial charge in [0, 0.05) is 63.6 Å². The van der Waals surface area contributed by atoms with Crippen molar-refractivity contribution < 1.29 is 19.1 Å². The van der Waals surface area contributed by atoms with Gasteiger partial charge in [0.15, 0.2) is 22.3 Å². The topological polar surface area (TPSA) is 215 Å². The molecule has 380 valence electrons. The summed E-state index contributed by atoms with van der Waals surface area (Å²) >= 11 is 0. The second-order valence-corrected chi connectivity index (χ2v) is 22.1. The Balaban J connectivity index is 0.000000197. The Kier molecular flexibility index (Phi) is 16.2. The van der Waals surface area contributed by atoms with Crippen LogP contribution in [0.5, 0.6) is 11.8 Å². The van der Waals surface area contributed by atoms with Crippen molar-refractivity contribution in [1.29, 1.82) is 0 Å². The van der Waals surface area contributed by atoms with Crippen LogP contribution in [-0.4, -0.2) is 125 Å². The number of imidazole rings is 2. The molecular formula is C50H76N16O4. The summed E-state index contributed by atoms with van der Waals surface area (Å²) in [6, 6.07) is -0.0540. The molecule has 2 fully saturated rings. The smallest absolute Gasteiger partial charge is 0.317 e. The molecule has 2 unspecified atom stereocenters. The molecule has 2 atom stereocenters. The van der Waals surface area contributed by atoms with Crippen LogP contribution in [0, 0.1) is 24.7 Å². The summed E-state index contributed by atoms with van der Waals surface area (Å²) in [7, 11) is 3.90. The van der Waals surface area contributed by atoms with Crippen LogP contribution >= 0.6 is 0 Å². The minimum absolute atomic E-state index is 0.0540. The first-order chi connectivity index (χ1) is 32.8. The monoisotopic (exact) mass is 965 g/mol. The van der Waals surface area contributed by atoms with Crippen molar-refractivity contribution in [1.82, 2.24) is 74.1 Å². The number of rotatable bonds is 12. The van der Waals surface area contributed by atoms with Crippen LogP contribution in [0.4, 0.5) is 4.79 Å².